The number of nitrogens with one attached hydrogen (secondary N) is 2. The maximum absolute atomic E-state index is 13.3. The zero-order valence-electron chi connectivity index (χ0n) is 21.5. The number of pyridine rings is 1. The normalized spacial score (nSPS) is 11.6. The third kappa shape index (κ3) is 6.85. The molecule has 5 rings (SSSR count). The molecule has 0 saturated carbocycles. The van der Waals surface area contributed by atoms with Gasteiger partial charge in [-0.25, -0.2) is 0 Å². The lowest BCUT2D eigenvalue weighted by atomic mass is 10.00. The van der Waals surface area contributed by atoms with E-state index in [9.17, 15) is 18.0 Å². The molecule has 0 aliphatic rings. The summed E-state index contributed by atoms with van der Waals surface area (Å²) in [5, 5.41) is 14.1. The first-order valence-electron chi connectivity index (χ1n) is 12.9. The molecule has 2 N–H and O–H groups in total. The van der Waals surface area contributed by atoms with Crippen molar-refractivity contribution in [3.05, 3.63) is 95.0 Å². The number of benzene rings is 2. The van der Waals surface area contributed by atoms with Crippen LogP contribution < -0.4 is 10.3 Å². The number of aromatic amines is 2. The van der Waals surface area contributed by atoms with Crippen LogP contribution in [0.15, 0.2) is 83.9 Å². The first-order chi connectivity index (χ1) is 19.4. The Labute approximate surface area is 227 Å². The Morgan fingerprint density at radius 3 is 2.45 bits per heavy atom. The fourth-order valence-corrected chi connectivity index (χ4v) is 4.45. The molecule has 11 heteroatoms. The number of rotatable bonds is 11. The molecule has 0 aliphatic carbocycles. The Balaban J connectivity index is 1.35. The van der Waals surface area contributed by atoms with Crippen molar-refractivity contribution in [2.75, 3.05) is 6.61 Å². The van der Waals surface area contributed by atoms with Crippen molar-refractivity contribution >= 4 is 0 Å². The molecule has 0 atom stereocenters. The van der Waals surface area contributed by atoms with E-state index in [1.807, 2.05) is 59.4 Å². The highest BCUT2D eigenvalue weighted by Gasteiger charge is 2.25. The minimum absolute atomic E-state index is 0.0942. The second-order valence-electron chi connectivity index (χ2n) is 9.39. The van der Waals surface area contributed by atoms with Crippen molar-refractivity contribution < 1.29 is 17.9 Å². The summed E-state index contributed by atoms with van der Waals surface area (Å²) in [6.45, 7) is 1.01. The van der Waals surface area contributed by atoms with Gasteiger partial charge in [0.15, 0.2) is 0 Å². The van der Waals surface area contributed by atoms with Crippen LogP contribution in [0.1, 0.15) is 31.2 Å². The van der Waals surface area contributed by atoms with Gasteiger partial charge >= 0.3 is 6.18 Å². The number of hydrogen-bond donors (Lipinski definition) is 2. The topological polar surface area (TPSA) is 101 Å². The van der Waals surface area contributed by atoms with Gasteiger partial charge in [-0.1, -0.05) is 30.3 Å². The molecule has 2 aromatic carbocycles. The SMILES string of the molecule is O=c1[nH]c(-c2ccc(OCCCCCC(F)(F)F)cc2)cc(-c2ccn(Cc3ccccc3)c2)c1-c1nn[nH]n1. The second kappa shape index (κ2) is 12.0. The summed E-state index contributed by atoms with van der Waals surface area (Å²) in [5.74, 6) is 0.793. The van der Waals surface area contributed by atoms with Crippen molar-refractivity contribution in [3.8, 4) is 39.5 Å². The van der Waals surface area contributed by atoms with Crippen molar-refractivity contribution in [1.82, 2.24) is 30.2 Å². The van der Waals surface area contributed by atoms with Gasteiger partial charge in [-0.05, 0) is 72.0 Å². The number of hydrogen-bond acceptors (Lipinski definition) is 5. The summed E-state index contributed by atoms with van der Waals surface area (Å²) in [5.41, 5.74) is 3.95. The minimum Gasteiger partial charge on any atom is -0.494 e. The largest absolute Gasteiger partial charge is 0.494 e. The van der Waals surface area contributed by atoms with Crippen molar-refractivity contribution in [2.45, 2.75) is 38.4 Å². The van der Waals surface area contributed by atoms with Crippen molar-refractivity contribution in [3.63, 3.8) is 0 Å². The van der Waals surface area contributed by atoms with E-state index in [1.165, 1.54) is 0 Å². The van der Waals surface area contributed by atoms with Crippen LogP contribution in [0.25, 0.3) is 33.8 Å². The van der Waals surface area contributed by atoms with Gasteiger partial charge in [0, 0.05) is 42.2 Å². The molecule has 40 heavy (non-hydrogen) atoms. The van der Waals surface area contributed by atoms with E-state index in [0.29, 0.717) is 48.6 Å². The highest BCUT2D eigenvalue weighted by molar-refractivity contribution is 5.82. The Hall–Kier alpha value is -4.67. The van der Waals surface area contributed by atoms with Gasteiger partial charge in [0.25, 0.3) is 5.56 Å². The number of tetrazole rings is 1. The highest BCUT2D eigenvalue weighted by atomic mass is 19.4. The molecule has 0 aliphatic heterocycles. The molecule has 0 radical (unpaired) electrons. The second-order valence-corrected chi connectivity index (χ2v) is 9.39. The summed E-state index contributed by atoms with van der Waals surface area (Å²) >= 11 is 0. The van der Waals surface area contributed by atoms with Gasteiger partial charge in [0.05, 0.1) is 12.2 Å². The third-order valence-corrected chi connectivity index (χ3v) is 6.41. The Morgan fingerprint density at radius 1 is 0.925 bits per heavy atom. The summed E-state index contributed by atoms with van der Waals surface area (Å²) in [6, 6.07) is 21.1. The fraction of sp³-hybridized carbons (Fsp3) is 0.241. The quantitative estimate of drug-likeness (QED) is 0.190. The van der Waals surface area contributed by atoms with E-state index in [0.717, 1.165) is 16.7 Å². The summed E-state index contributed by atoms with van der Waals surface area (Å²) in [4.78, 5) is 16.2. The van der Waals surface area contributed by atoms with Crippen molar-refractivity contribution in [1.29, 1.82) is 0 Å². The monoisotopic (exact) mass is 548 g/mol. The van der Waals surface area contributed by atoms with E-state index < -0.39 is 12.6 Å². The van der Waals surface area contributed by atoms with Crippen LogP contribution in [-0.4, -0.2) is 43.0 Å². The van der Waals surface area contributed by atoms with Crippen LogP contribution in [0, 0.1) is 0 Å². The zero-order chi connectivity index (χ0) is 28.0. The standard InChI is InChI=1S/C29H27F3N6O2/c30-29(31,32)14-5-2-6-16-40-23-11-9-21(10-12-23)25-17-24(26(28(39)33-25)27-34-36-37-35-27)22-13-15-38(19-22)18-20-7-3-1-4-8-20/h1,3-4,7-13,15,17,19H,2,5-6,14,16,18H2,(H,33,39)(H,34,35,36,37). The number of H-pyrrole nitrogens is 2. The molecular formula is C29H27F3N6O2. The van der Waals surface area contributed by atoms with E-state index in [-0.39, 0.29) is 17.8 Å². The van der Waals surface area contributed by atoms with Gasteiger partial charge < -0.3 is 14.3 Å². The lowest BCUT2D eigenvalue weighted by Gasteiger charge is -2.10. The highest BCUT2D eigenvalue weighted by Crippen LogP contribution is 2.31. The van der Waals surface area contributed by atoms with Crippen LogP contribution in [-0.2, 0) is 6.54 Å². The zero-order valence-corrected chi connectivity index (χ0v) is 21.5. The van der Waals surface area contributed by atoms with Gasteiger partial charge in [0.1, 0.15) is 5.75 Å². The Bertz CT molecular complexity index is 1580. The first kappa shape index (κ1) is 26.9. The van der Waals surface area contributed by atoms with E-state index in [2.05, 4.69) is 37.7 Å². The molecule has 0 bridgehead atoms. The molecule has 3 aromatic heterocycles. The average Bonchev–Trinajstić information content (AvgIpc) is 3.63. The van der Waals surface area contributed by atoms with Gasteiger partial charge in [-0.2, -0.15) is 18.4 Å². The van der Waals surface area contributed by atoms with E-state index in [1.54, 1.807) is 12.1 Å². The summed E-state index contributed by atoms with van der Waals surface area (Å²) in [7, 11) is 0. The molecule has 3 heterocycles. The van der Waals surface area contributed by atoms with Crippen molar-refractivity contribution in [2.24, 2.45) is 0 Å². The van der Waals surface area contributed by atoms with E-state index >= 15 is 0 Å². The molecule has 0 spiro atoms. The predicted octanol–water partition coefficient (Wildman–Crippen LogP) is 6.24. The lowest BCUT2D eigenvalue weighted by molar-refractivity contribution is -0.135. The number of unbranched alkanes of at least 4 members (excludes halogenated alkanes) is 2. The number of ether oxygens (including phenoxy) is 1. The fourth-order valence-electron chi connectivity index (χ4n) is 4.45. The number of alkyl halides is 3. The van der Waals surface area contributed by atoms with Gasteiger partial charge in [0.2, 0.25) is 5.82 Å². The van der Waals surface area contributed by atoms with Crippen LogP contribution in [0.3, 0.4) is 0 Å². The van der Waals surface area contributed by atoms with Gasteiger partial charge in [-0.3, -0.25) is 4.79 Å². The first-order valence-corrected chi connectivity index (χ1v) is 12.9. The molecule has 0 unspecified atom stereocenters. The predicted molar refractivity (Wildman–Crippen MR) is 145 cm³/mol. The van der Waals surface area contributed by atoms with Crippen LogP contribution in [0.4, 0.5) is 13.2 Å². The molecule has 0 saturated heterocycles. The molecule has 0 fully saturated rings. The molecule has 0 amide bonds. The average molecular weight is 549 g/mol. The van der Waals surface area contributed by atoms with Crippen LogP contribution >= 0.6 is 0 Å². The summed E-state index contributed by atoms with van der Waals surface area (Å²) in [6.07, 6.45) is 0.117. The number of aromatic nitrogens is 6. The lowest BCUT2D eigenvalue weighted by Crippen LogP contribution is -2.12. The minimum atomic E-state index is -4.12. The van der Waals surface area contributed by atoms with Crippen LogP contribution in [0.5, 0.6) is 5.75 Å². The smallest absolute Gasteiger partial charge is 0.389 e. The van der Waals surface area contributed by atoms with E-state index in [4.69, 9.17) is 4.74 Å². The van der Waals surface area contributed by atoms with Crippen LogP contribution in [0.2, 0.25) is 0 Å². The Kier molecular flexibility index (Phi) is 8.09. The maximum Gasteiger partial charge on any atom is 0.389 e. The molecule has 8 nitrogen and oxygen atoms in total. The third-order valence-electron chi connectivity index (χ3n) is 6.41. The number of halogens is 3. The number of nitrogens with zero attached hydrogens (tertiary/aromatic N) is 4. The Morgan fingerprint density at radius 2 is 1.73 bits per heavy atom. The molecule has 206 valence electrons. The molecular weight excluding hydrogens is 521 g/mol. The maximum atomic E-state index is 13.3. The molecule has 5 aromatic rings. The summed E-state index contributed by atoms with van der Waals surface area (Å²) < 4.78 is 44.5. The van der Waals surface area contributed by atoms with Gasteiger partial charge in [-0.15, -0.1) is 10.2 Å².